The van der Waals surface area contributed by atoms with E-state index in [4.69, 9.17) is 4.74 Å². The van der Waals surface area contributed by atoms with Gasteiger partial charge in [-0.3, -0.25) is 9.69 Å². The van der Waals surface area contributed by atoms with Crippen LogP contribution in [0.15, 0.2) is 24.5 Å². The monoisotopic (exact) mass is 399 g/mol. The van der Waals surface area contributed by atoms with Gasteiger partial charge in [-0.15, -0.1) is 0 Å². The van der Waals surface area contributed by atoms with Crippen molar-refractivity contribution in [3.05, 3.63) is 30.2 Å². The zero-order valence-corrected chi connectivity index (χ0v) is 16.7. The van der Waals surface area contributed by atoms with Gasteiger partial charge in [-0.25, -0.2) is 9.50 Å². The fourth-order valence-corrected chi connectivity index (χ4v) is 5.41. The van der Waals surface area contributed by atoms with Crippen molar-refractivity contribution in [2.24, 2.45) is 5.41 Å². The lowest BCUT2D eigenvalue weighted by Gasteiger charge is -2.51. The number of carbonyl (C=O) groups excluding carboxylic acids is 1. The molecular formula is C21H29N5O3. The van der Waals surface area contributed by atoms with Crippen LogP contribution < -0.4 is 0 Å². The second-order valence-corrected chi connectivity index (χ2v) is 8.86. The first-order valence-corrected chi connectivity index (χ1v) is 10.7. The summed E-state index contributed by atoms with van der Waals surface area (Å²) < 4.78 is 7.13. The number of imidazole rings is 1. The zero-order chi connectivity index (χ0) is 19.8. The summed E-state index contributed by atoms with van der Waals surface area (Å²) in [4.78, 5) is 21.8. The van der Waals surface area contributed by atoms with Gasteiger partial charge in [0, 0.05) is 51.6 Å². The molecule has 3 saturated heterocycles. The quantitative estimate of drug-likeness (QED) is 0.817. The van der Waals surface area contributed by atoms with Crippen molar-refractivity contribution in [2.75, 3.05) is 39.4 Å². The van der Waals surface area contributed by atoms with E-state index in [-0.39, 0.29) is 17.4 Å². The molecule has 2 aromatic rings. The van der Waals surface area contributed by atoms with E-state index in [0.29, 0.717) is 30.5 Å². The third-order valence-electron chi connectivity index (χ3n) is 6.97. The van der Waals surface area contributed by atoms with E-state index in [1.165, 1.54) is 0 Å². The molecular weight excluding hydrogens is 370 g/mol. The number of nitrogens with zero attached hydrogens (tertiary/aromatic N) is 5. The lowest BCUT2D eigenvalue weighted by atomic mass is 9.71. The van der Waals surface area contributed by atoms with Crippen LogP contribution in [0, 0.1) is 5.41 Å². The highest BCUT2D eigenvalue weighted by Crippen LogP contribution is 2.41. The fourth-order valence-electron chi connectivity index (χ4n) is 5.41. The predicted octanol–water partition coefficient (Wildman–Crippen LogP) is 1.20. The number of piperidine rings is 2. The highest BCUT2D eigenvalue weighted by atomic mass is 16.5. The summed E-state index contributed by atoms with van der Waals surface area (Å²) in [5.41, 5.74) is 1.31. The van der Waals surface area contributed by atoms with Crippen LogP contribution in [0.2, 0.25) is 0 Å². The van der Waals surface area contributed by atoms with Crippen LogP contribution in [-0.4, -0.2) is 87.0 Å². The number of carbonyl (C=O) groups is 1. The number of aliphatic hydroxyl groups excluding tert-OH is 1. The van der Waals surface area contributed by atoms with E-state index in [1.54, 1.807) is 16.9 Å². The Bertz CT molecular complexity index is 870. The molecule has 29 heavy (non-hydrogen) atoms. The van der Waals surface area contributed by atoms with E-state index in [1.807, 2.05) is 17.0 Å². The molecule has 3 aliphatic rings. The molecule has 5 rings (SSSR count). The van der Waals surface area contributed by atoms with Crippen LogP contribution in [0.4, 0.5) is 0 Å². The second kappa shape index (κ2) is 7.66. The molecule has 8 heteroatoms. The maximum atomic E-state index is 13.1. The summed E-state index contributed by atoms with van der Waals surface area (Å²) in [6.45, 7) is 4.86. The smallest absolute Gasteiger partial charge is 0.274 e. The fraction of sp³-hybridized carbons (Fsp3) is 0.667. The minimum absolute atomic E-state index is 0.0105. The van der Waals surface area contributed by atoms with E-state index in [0.717, 1.165) is 58.4 Å². The molecule has 1 unspecified atom stereocenters. The number of aromatic nitrogens is 3. The average molecular weight is 399 g/mol. The third-order valence-corrected chi connectivity index (χ3v) is 6.97. The number of hydrogen-bond donors (Lipinski definition) is 1. The van der Waals surface area contributed by atoms with E-state index in [9.17, 15) is 9.90 Å². The van der Waals surface area contributed by atoms with Crippen LogP contribution in [0.25, 0.3) is 5.65 Å². The Balaban J connectivity index is 1.27. The number of rotatable bonds is 2. The van der Waals surface area contributed by atoms with Crippen molar-refractivity contribution < 1.29 is 14.6 Å². The van der Waals surface area contributed by atoms with Gasteiger partial charge in [-0.05, 0) is 49.7 Å². The van der Waals surface area contributed by atoms with Crippen LogP contribution in [0.5, 0.6) is 0 Å². The molecule has 0 aromatic carbocycles. The molecule has 1 atom stereocenters. The Morgan fingerprint density at radius 3 is 2.83 bits per heavy atom. The molecule has 0 bridgehead atoms. The van der Waals surface area contributed by atoms with Gasteiger partial charge in [-0.1, -0.05) is 0 Å². The van der Waals surface area contributed by atoms with Gasteiger partial charge >= 0.3 is 0 Å². The lowest BCUT2D eigenvalue weighted by molar-refractivity contribution is -0.0695. The number of β-amino-alcohol motifs (C(OH)–C–C–N with tert-alkyl or cyclic N) is 1. The minimum Gasteiger partial charge on any atom is -0.392 e. The Kier molecular flexibility index (Phi) is 5.01. The summed E-state index contributed by atoms with van der Waals surface area (Å²) in [6, 6.07) is 4.18. The lowest BCUT2D eigenvalue weighted by Crippen LogP contribution is -2.57. The van der Waals surface area contributed by atoms with Crippen molar-refractivity contribution >= 4 is 11.6 Å². The summed E-state index contributed by atoms with van der Waals surface area (Å²) in [5, 5.41) is 14.9. The molecule has 0 aliphatic carbocycles. The number of fused-ring (bicyclic) bond motifs is 1. The summed E-state index contributed by atoms with van der Waals surface area (Å²) in [6.07, 6.45) is 7.81. The van der Waals surface area contributed by atoms with Crippen molar-refractivity contribution in [1.82, 2.24) is 24.4 Å². The number of likely N-dealkylation sites (tertiary alicyclic amines) is 2. The van der Waals surface area contributed by atoms with Crippen LogP contribution in [0.3, 0.4) is 0 Å². The Labute approximate surface area is 170 Å². The third kappa shape index (κ3) is 3.65. The van der Waals surface area contributed by atoms with Crippen molar-refractivity contribution in [3.63, 3.8) is 0 Å². The molecule has 3 aliphatic heterocycles. The first-order valence-electron chi connectivity index (χ1n) is 10.7. The van der Waals surface area contributed by atoms with Crippen LogP contribution >= 0.6 is 0 Å². The van der Waals surface area contributed by atoms with Crippen molar-refractivity contribution in [3.8, 4) is 0 Å². The summed E-state index contributed by atoms with van der Waals surface area (Å²) >= 11 is 0. The number of amides is 1. The number of hydrogen-bond acceptors (Lipinski definition) is 6. The molecule has 1 amide bonds. The highest BCUT2D eigenvalue weighted by Gasteiger charge is 2.44. The zero-order valence-electron chi connectivity index (χ0n) is 16.7. The Hall–Kier alpha value is -2.03. The normalized spacial score (nSPS) is 26.2. The summed E-state index contributed by atoms with van der Waals surface area (Å²) in [7, 11) is 0. The average Bonchev–Trinajstić information content (AvgIpc) is 3.18. The Morgan fingerprint density at radius 2 is 2.03 bits per heavy atom. The predicted molar refractivity (Wildman–Crippen MR) is 107 cm³/mol. The number of ether oxygens (including phenoxy) is 1. The second-order valence-electron chi connectivity index (χ2n) is 8.86. The first kappa shape index (κ1) is 19.0. The minimum atomic E-state index is -0.281. The van der Waals surface area contributed by atoms with Gasteiger partial charge in [0.25, 0.3) is 5.91 Å². The van der Waals surface area contributed by atoms with Crippen LogP contribution in [-0.2, 0) is 4.74 Å². The molecule has 0 saturated carbocycles. The van der Waals surface area contributed by atoms with Gasteiger partial charge in [0.05, 0.1) is 12.3 Å². The van der Waals surface area contributed by atoms with Gasteiger partial charge < -0.3 is 14.7 Å². The molecule has 5 heterocycles. The SMILES string of the molecule is O=C(c1cnc2cccnn12)N1CCC2(CC1)CC(O)CN(C1CCOCC1)C2. The topological polar surface area (TPSA) is 83.2 Å². The van der Waals surface area contributed by atoms with Crippen molar-refractivity contribution in [1.29, 1.82) is 0 Å². The highest BCUT2D eigenvalue weighted by molar-refractivity contribution is 5.93. The maximum Gasteiger partial charge on any atom is 0.274 e. The van der Waals surface area contributed by atoms with Crippen molar-refractivity contribution in [2.45, 2.75) is 44.2 Å². The molecule has 3 fully saturated rings. The Morgan fingerprint density at radius 1 is 1.24 bits per heavy atom. The van der Waals surface area contributed by atoms with Gasteiger partial charge in [0.15, 0.2) is 11.3 Å². The van der Waals surface area contributed by atoms with Gasteiger partial charge in [0.1, 0.15) is 0 Å². The van der Waals surface area contributed by atoms with Gasteiger partial charge in [0.2, 0.25) is 0 Å². The standard InChI is InChI=1S/C21H29N5O3/c27-17-12-21(15-25(14-17)16-3-10-29-11-4-16)5-8-24(9-6-21)20(28)18-13-22-19-2-1-7-23-26(18)19/h1-2,7,13,16-17,27H,3-6,8-12,14-15H2. The first-order chi connectivity index (χ1) is 14.1. The van der Waals surface area contributed by atoms with Gasteiger partial charge in [-0.2, -0.15) is 5.10 Å². The molecule has 8 nitrogen and oxygen atoms in total. The van der Waals surface area contributed by atoms with E-state index in [2.05, 4.69) is 15.0 Å². The van der Waals surface area contributed by atoms with E-state index >= 15 is 0 Å². The largest absolute Gasteiger partial charge is 0.392 e. The molecule has 2 aromatic heterocycles. The van der Waals surface area contributed by atoms with Crippen LogP contribution in [0.1, 0.15) is 42.6 Å². The molecule has 156 valence electrons. The molecule has 1 N–H and O–H groups in total. The van der Waals surface area contributed by atoms with E-state index < -0.39 is 0 Å². The molecule has 1 spiro atoms. The number of aliphatic hydroxyl groups is 1. The molecule has 0 radical (unpaired) electrons. The summed E-state index contributed by atoms with van der Waals surface area (Å²) in [5.74, 6) is -0.0105. The maximum absolute atomic E-state index is 13.1.